The summed E-state index contributed by atoms with van der Waals surface area (Å²) in [5.41, 5.74) is 0.170. The number of H-pyrrole nitrogens is 1. The van der Waals surface area contributed by atoms with Crippen molar-refractivity contribution in [3.05, 3.63) is 48.8 Å². The van der Waals surface area contributed by atoms with E-state index in [1.54, 1.807) is 0 Å². The van der Waals surface area contributed by atoms with E-state index < -0.39 is 11.2 Å². The minimum atomic E-state index is -0.491. The lowest BCUT2D eigenvalue weighted by Crippen LogP contribution is -2.33. The van der Waals surface area contributed by atoms with Crippen molar-refractivity contribution in [1.29, 1.82) is 0 Å². The van der Waals surface area contributed by atoms with Crippen molar-refractivity contribution in [2.24, 2.45) is 7.05 Å². The predicted octanol–water partition coefficient (Wildman–Crippen LogP) is 0.589. The molecule has 1 atom stereocenters. The summed E-state index contributed by atoms with van der Waals surface area (Å²) in [5.74, 6) is 0.306. The maximum atomic E-state index is 11.5. The first-order valence-corrected chi connectivity index (χ1v) is 6.62. The Morgan fingerprint density at radius 3 is 2.79 bits per heavy atom. The van der Waals surface area contributed by atoms with Gasteiger partial charge in [0.25, 0.3) is 5.56 Å². The highest BCUT2D eigenvalue weighted by atomic mass is 32.1. The summed E-state index contributed by atoms with van der Waals surface area (Å²) < 4.78 is 0.982. The Balaban J connectivity index is 2.32. The van der Waals surface area contributed by atoms with Crippen molar-refractivity contribution in [2.75, 3.05) is 11.9 Å². The van der Waals surface area contributed by atoms with Gasteiger partial charge in [-0.05, 0) is 23.9 Å². The van der Waals surface area contributed by atoms with Gasteiger partial charge < -0.3 is 10.4 Å². The first kappa shape index (κ1) is 13.6. The molecule has 0 bridgehead atoms. The van der Waals surface area contributed by atoms with E-state index in [-0.39, 0.29) is 12.6 Å². The van der Waals surface area contributed by atoms with Crippen molar-refractivity contribution in [3.8, 4) is 0 Å². The molecule has 0 aliphatic carbocycles. The molecular formula is C12H15N3O3S. The van der Waals surface area contributed by atoms with E-state index in [2.05, 4.69) is 10.3 Å². The normalized spacial score (nSPS) is 12.4. The van der Waals surface area contributed by atoms with E-state index in [0.717, 1.165) is 15.0 Å². The fraction of sp³-hybridized carbons (Fsp3) is 0.333. The number of aromatic nitrogens is 2. The monoisotopic (exact) mass is 281 g/mol. The highest BCUT2D eigenvalue weighted by Gasteiger charge is 2.15. The van der Waals surface area contributed by atoms with Gasteiger partial charge in [0, 0.05) is 18.0 Å². The molecule has 0 aliphatic rings. The van der Waals surface area contributed by atoms with E-state index in [1.165, 1.54) is 24.5 Å². The van der Waals surface area contributed by atoms with Crippen molar-refractivity contribution in [2.45, 2.75) is 13.0 Å². The number of aryl methyl sites for hydroxylation is 1. The molecule has 19 heavy (non-hydrogen) atoms. The molecule has 3 N–H and O–H groups in total. The SMILES string of the molecule is Cc1ccsc1C(CO)Nc1cc(=O)n(C)c(=O)[nH]1. The third-order valence-corrected chi connectivity index (χ3v) is 4.01. The fourth-order valence-corrected chi connectivity index (χ4v) is 2.73. The second-order valence-corrected chi connectivity index (χ2v) is 5.18. The zero-order chi connectivity index (χ0) is 14.0. The van der Waals surface area contributed by atoms with Crippen LogP contribution in [0.2, 0.25) is 0 Å². The Hall–Kier alpha value is -1.86. The Morgan fingerprint density at radius 2 is 2.26 bits per heavy atom. The standard InChI is InChI=1S/C12H15N3O3S/c1-7-3-4-19-11(7)8(6-16)13-9-5-10(17)15(2)12(18)14-9/h3-5,8,13,16H,6H2,1-2H3,(H,14,18). The number of nitrogens with zero attached hydrogens (tertiary/aromatic N) is 1. The number of aliphatic hydroxyl groups is 1. The van der Waals surface area contributed by atoms with Crippen LogP contribution in [0.1, 0.15) is 16.5 Å². The van der Waals surface area contributed by atoms with Crippen LogP contribution in [0.15, 0.2) is 27.1 Å². The molecule has 0 aliphatic heterocycles. The van der Waals surface area contributed by atoms with Gasteiger partial charge in [0.05, 0.1) is 12.6 Å². The van der Waals surface area contributed by atoms with Gasteiger partial charge in [0.2, 0.25) is 0 Å². The van der Waals surface area contributed by atoms with Gasteiger partial charge in [0.15, 0.2) is 0 Å². The van der Waals surface area contributed by atoms with Crippen LogP contribution in [-0.2, 0) is 7.05 Å². The second kappa shape index (κ2) is 5.41. The van der Waals surface area contributed by atoms with Crippen LogP contribution in [0.3, 0.4) is 0 Å². The number of hydrogen-bond donors (Lipinski definition) is 3. The Kier molecular flexibility index (Phi) is 3.87. The zero-order valence-electron chi connectivity index (χ0n) is 10.6. The molecule has 2 heterocycles. The van der Waals surface area contributed by atoms with Crippen LogP contribution in [0.4, 0.5) is 5.82 Å². The molecule has 0 saturated heterocycles. The van der Waals surface area contributed by atoms with Crippen LogP contribution < -0.4 is 16.6 Å². The first-order chi connectivity index (χ1) is 9.02. The number of aliphatic hydroxyl groups excluding tert-OH is 1. The molecule has 1 unspecified atom stereocenters. The van der Waals surface area contributed by atoms with Gasteiger partial charge in [0.1, 0.15) is 5.82 Å². The lowest BCUT2D eigenvalue weighted by Gasteiger charge is -2.17. The third-order valence-electron chi connectivity index (χ3n) is 2.88. The summed E-state index contributed by atoms with van der Waals surface area (Å²) >= 11 is 1.52. The Bertz CT molecular complexity index is 655. The lowest BCUT2D eigenvalue weighted by atomic mass is 10.2. The number of thiophene rings is 1. The minimum absolute atomic E-state index is 0.126. The van der Waals surface area contributed by atoms with E-state index in [0.29, 0.717) is 5.82 Å². The van der Waals surface area contributed by atoms with Gasteiger partial charge in [-0.1, -0.05) is 0 Å². The Morgan fingerprint density at radius 1 is 1.53 bits per heavy atom. The van der Waals surface area contributed by atoms with Gasteiger partial charge in [-0.25, -0.2) is 4.79 Å². The third kappa shape index (κ3) is 2.77. The summed E-state index contributed by atoms with van der Waals surface area (Å²) in [6.45, 7) is 1.82. The van der Waals surface area contributed by atoms with Gasteiger partial charge in [-0.3, -0.25) is 14.3 Å². The molecule has 2 aromatic heterocycles. The number of anilines is 1. The largest absolute Gasteiger partial charge is 0.394 e. The molecule has 0 radical (unpaired) electrons. The number of rotatable bonds is 4. The average Bonchev–Trinajstić information content (AvgIpc) is 2.79. The molecular weight excluding hydrogens is 266 g/mol. The summed E-state index contributed by atoms with van der Waals surface area (Å²) in [5, 5.41) is 14.4. The summed E-state index contributed by atoms with van der Waals surface area (Å²) in [6, 6.07) is 2.91. The molecule has 0 aromatic carbocycles. The molecule has 2 aromatic rings. The molecule has 102 valence electrons. The number of hydrogen-bond acceptors (Lipinski definition) is 5. The van der Waals surface area contributed by atoms with Crippen LogP contribution >= 0.6 is 11.3 Å². The van der Waals surface area contributed by atoms with Crippen LogP contribution in [0, 0.1) is 6.92 Å². The molecule has 0 saturated carbocycles. The summed E-state index contributed by atoms with van der Waals surface area (Å²) in [7, 11) is 1.40. The predicted molar refractivity (Wildman–Crippen MR) is 74.8 cm³/mol. The first-order valence-electron chi connectivity index (χ1n) is 5.74. The second-order valence-electron chi connectivity index (χ2n) is 4.23. The van der Waals surface area contributed by atoms with Gasteiger partial charge >= 0.3 is 5.69 Å². The van der Waals surface area contributed by atoms with Crippen LogP contribution in [0.25, 0.3) is 0 Å². The smallest absolute Gasteiger partial charge is 0.329 e. The van der Waals surface area contributed by atoms with E-state index in [4.69, 9.17) is 0 Å². The van der Waals surface area contributed by atoms with Gasteiger partial charge in [-0.15, -0.1) is 11.3 Å². The summed E-state index contributed by atoms with van der Waals surface area (Å²) in [4.78, 5) is 26.5. The zero-order valence-corrected chi connectivity index (χ0v) is 11.5. The highest BCUT2D eigenvalue weighted by Crippen LogP contribution is 2.25. The van der Waals surface area contributed by atoms with Crippen LogP contribution in [0.5, 0.6) is 0 Å². The van der Waals surface area contributed by atoms with Crippen molar-refractivity contribution < 1.29 is 5.11 Å². The molecule has 6 nitrogen and oxygen atoms in total. The molecule has 0 fully saturated rings. The van der Waals surface area contributed by atoms with Crippen LogP contribution in [-0.4, -0.2) is 21.3 Å². The lowest BCUT2D eigenvalue weighted by molar-refractivity contribution is 0.277. The van der Waals surface area contributed by atoms with E-state index in [1.807, 2.05) is 18.4 Å². The molecule has 7 heteroatoms. The van der Waals surface area contributed by atoms with E-state index in [9.17, 15) is 14.7 Å². The van der Waals surface area contributed by atoms with Crippen molar-refractivity contribution in [3.63, 3.8) is 0 Å². The highest BCUT2D eigenvalue weighted by molar-refractivity contribution is 7.10. The molecule has 2 rings (SSSR count). The van der Waals surface area contributed by atoms with Crippen molar-refractivity contribution in [1.82, 2.24) is 9.55 Å². The fourth-order valence-electron chi connectivity index (χ4n) is 1.76. The Labute approximate surface area is 113 Å². The topological polar surface area (TPSA) is 87.1 Å². The maximum absolute atomic E-state index is 11.5. The van der Waals surface area contributed by atoms with E-state index >= 15 is 0 Å². The number of aromatic amines is 1. The minimum Gasteiger partial charge on any atom is -0.394 e. The average molecular weight is 281 g/mol. The van der Waals surface area contributed by atoms with Crippen molar-refractivity contribution >= 4 is 17.2 Å². The number of nitrogens with one attached hydrogen (secondary N) is 2. The maximum Gasteiger partial charge on any atom is 0.329 e. The molecule has 0 spiro atoms. The quantitative estimate of drug-likeness (QED) is 0.765. The van der Waals surface area contributed by atoms with Gasteiger partial charge in [-0.2, -0.15) is 0 Å². The summed E-state index contributed by atoms with van der Waals surface area (Å²) in [6.07, 6.45) is 0. The molecule has 0 amide bonds.